The second-order valence-corrected chi connectivity index (χ2v) is 3.78. The predicted molar refractivity (Wildman–Crippen MR) is 51.0 cm³/mol. The monoisotopic (exact) mass is 175 g/mol. The molecule has 0 spiro atoms. The summed E-state index contributed by atoms with van der Waals surface area (Å²) < 4.78 is 0. The highest BCUT2D eigenvalue weighted by Crippen LogP contribution is 2.21. The molecule has 0 radical (unpaired) electrons. The summed E-state index contributed by atoms with van der Waals surface area (Å²) in [4.78, 5) is 8.36. The van der Waals surface area contributed by atoms with Gasteiger partial charge in [0.15, 0.2) is 0 Å². The summed E-state index contributed by atoms with van der Waals surface area (Å²) in [5, 5.41) is 6.89. The molecule has 0 aromatic rings. The Morgan fingerprint density at radius 1 is 1.25 bits per heavy atom. The van der Waals surface area contributed by atoms with E-state index in [1.165, 1.54) is 0 Å². The second kappa shape index (κ2) is 6.00. The summed E-state index contributed by atoms with van der Waals surface area (Å²) in [6, 6.07) is 0. The van der Waals surface area contributed by atoms with E-state index in [1.54, 1.807) is 0 Å². The van der Waals surface area contributed by atoms with Crippen LogP contribution in [-0.4, -0.2) is 17.1 Å². The maximum absolute atomic E-state index is 8.36. The zero-order chi connectivity index (χ0) is 10.4. The van der Waals surface area contributed by atoms with Gasteiger partial charge in [-0.3, -0.25) is 4.79 Å². The van der Waals surface area contributed by atoms with Crippen molar-refractivity contribution >= 4 is 6.47 Å². The van der Waals surface area contributed by atoms with E-state index in [4.69, 9.17) is 15.6 Å². The first kappa shape index (κ1) is 14.0. The number of nitrogens with two attached hydrogens (primary N) is 1. The molecule has 0 heterocycles. The molecular weight excluding hydrogens is 154 g/mol. The van der Waals surface area contributed by atoms with Gasteiger partial charge in [-0.1, -0.05) is 27.7 Å². The molecule has 0 saturated heterocycles. The third kappa shape index (κ3) is 5.13. The van der Waals surface area contributed by atoms with Gasteiger partial charge in [0.1, 0.15) is 0 Å². The van der Waals surface area contributed by atoms with Gasteiger partial charge in [0.2, 0.25) is 0 Å². The lowest BCUT2D eigenvalue weighted by Gasteiger charge is -2.33. The Morgan fingerprint density at radius 3 is 1.42 bits per heavy atom. The Hall–Kier alpha value is -0.570. The molecule has 3 N–H and O–H groups in total. The van der Waals surface area contributed by atoms with E-state index in [0.717, 1.165) is 0 Å². The molecule has 0 bridgehead atoms. The molecule has 0 aromatic carbocycles. The van der Waals surface area contributed by atoms with E-state index in [2.05, 4.69) is 34.6 Å². The number of hydrogen-bond donors (Lipinski definition) is 2. The van der Waals surface area contributed by atoms with Gasteiger partial charge in [0, 0.05) is 5.54 Å². The van der Waals surface area contributed by atoms with Crippen LogP contribution in [0.5, 0.6) is 0 Å². The van der Waals surface area contributed by atoms with Crippen LogP contribution < -0.4 is 5.73 Å². The van der Waals surface area contributed by atoms with Crippen LogP contribution in [0.25, 0.3) is 0 Å². The molecule has 0 aromatic heterocycles. The summed E-state index contributed by atoms with van der Waals surface area (Å²) in [5.74, 6) is 1.13. The zero-order valence-electron chi connectivity index (χ0n) is 8.66. The predicted octanol–water partition coefficient (Wildman–Crippen LogP) is 1.72. The van der Waals surface area contributed by atoms with Gasteiger partial charge < -0.3 is 10.8 Å². The van der Waals surface area contributed by atoms with E-state index in [-0.39, 0.29) is 12.0 Å². The summed E-state index contributed by atoms with van der Waals surface area (Å²) in [7, 11) is 0. The van der Waals surface area contributed by atoms with Gasteiger partial charge in [0.05, 0.1) is 0 Å². The molecule has 0 aliphatic carbocycles. The maximum Gasteiger partial charge on any atom is 0.290 e. The van der Waals surface area contributed by atoms with Crippen LogP contribution in [0.2, 0.25) is 0 Å². The van der Waals surface area contributed by atoms with Crippen molar-refractivity contribution in [2.24, 2.45) is 17.6 Å². The Morgan fingerprint density at radius 2 is 1.42 bits per heavy atom. The zero-order valence-corrected chi connectivity index (χ0v) is 8.66. The molecule has 0 aliphatic rings. The Bertz CT molecular complexity index is 110. The van der Waals surface area contributed by atoms with E-state index in [9.17, 15) is 0 Å². The van der Waals surface area contributed by atoms with Gasteiger partial charge in [-0.25, -0.2) is 0 Å². The highest BCUT2D eigenvalue weighted by atomic mass is 16.3. The highest BCUT2D eigenvalue weighted by molar-refractivity contribution is 5.32. The molecule has 0 atom stereocenters. The molecule has 0 saturated carbocycles. The van der Waals surface area contributed by atoms with Crippen LogP contribution in [-0.2, 0) is 4.79 Å². The minimum atomic E-state index is -0.250. The van der Waals surface area contributed by atoms with Crippen molar-refractivity contribution < 1.29 is 9.90 Å². The van der Waals surface area contributed by atoms with Crippen LogP contribution in [0, 0.1) is 11.8 Å². The van der Waals surface area contributed by atoms with Crippen molar-refractivity contribution in [3.63, 3.8) is 0 Å². The quantitative estimate of drug-likeness (QED) is 0.628. The van der Waals surface area contributed by atoms with Crippen LogP contribution >= 0.6 is 0 Å². The largest absolute Gasteiger partial charge is 0.483 e. The minimum absolute atomic E-state index is 0.000000000000000222. The van der Waals surface area contributed by atoms with E-state index in [1.807, 2.05) is 0 Å². The van der Waals surface area contributed by atoms with Crippen LogP contribution in [0.4, 0.5) is 0 Å². The SMILES string of the molecule is CC(C)C(C)(N)C(C)C.O=CO. The normalized spacial score (nSPS) is 11.0. The van der Waals surface area contributed by atoms with Crippen molar-refractivity contribution in [1.29, 1.82) is 0 Å². The van der Waals surface area contributed by atoms with Crippen molar-refractivity contribution in [3.8, 4) is 0 Å². The lowest BCUT2D eigenvalue weighted by atomic mass is 9.80. The number of hydrogen-bond acceptors (Lipinski definition) is 2. The third-order valence-corrected chi connectivity index (χ3v) is 2.49. The summed E-state index contributed by atoms with van der Waals surface area (Å²) >= 11 is 0. The summed E-state index contributed by atoms with van der Waals surface area (Å²) in [6.45, 7) is 10.5. The Kier molecular flexibility index (Phi) is 6.99. The molecule has 12 heavy (non-hydrogen) atoms. The van der Waals surface area contributed by atoms with Crippen molar-refractivity contribution in [2.45, 2.75) is 40.2 Å². The minimum Gasteiger partial charge on any atom is -0.483 e. The molecule has 0 aliphatic heterocycles. The van der Waals surface area contributed by atoms with Gasteiger partial charge in [-0.05, 0) is 18.8 Å². The average Bonchev–Trinajstić information content (AvgIpc) is 1.88. The van der Waals surface area contributed by atoms with Gasteiger partial charge in [-0.2, -0.15) is 0 Å². The van der Waals surface area contributed by atoms with Crippen LogP contribution in [0.15, 0.2) is 0 Å². The van der Waals surface area contributed by atoms with E-state index >= 15 is 0 Å². The summed E-state index contributed by atoms with van der Waals surface area (Å²) in [6.07, 6.45) is 0. The molecule has 0 amide bonds. The standard InChI is InChI=1S/C8H19N.CH2O2/c1-6(2)8(5,9)7(3)4;2-1-3/h6-7H,9H2,1-5H3;1H,(H,2,3). The van der Waals surface area contributed by atoms with E-state index in [0.29, 0.717) is 11.8 Å². The fourth-order valence-electron chi connectivity index (χ4n) is 0.667. The van der Waals surface area contributed by atoms with Gasteiger partial charge >= 0.3 is 0 Å². The first-order valence-corrected chi connectivity index (χ1v) is 4.17. The number of carbonyl (C=O) groups is 1. The van der Waals surface area contributed by atoms with Crippen molar-refractivity contribution in [2.75, 3.05) is 0 Å². The molecule has 0 fully saturated rings. The second-order valence-electron chi connectivity index (χ2n) is 3.78. The molecule has 3 heteroatoms. The third-order valence-electron chi connectivity index (χ3n) is 2.49. The molecular formula is C9H21NO2. The van der Waals surface area contributed by atoms with Crippen molar-refractivity contribution in [1.82, 2.24) is 0 Å². The lowest BCUT2D eigenvalue weighted by molar-refractivity contribution is -0.122. The first-order valence-electron chi connectivity index (χ1n) is 4.17. The van der Waals surface area contributed by atoms with Gasteiger partial charge in [-0.15, -0.1) is 0 Å². The maximum atomic E-state index is 8.36. The smallest absolute Gasteiger partial charge is 0.290 e. The highest BCUT2D eigenvalue weighted by Gasteiger charge is 2.26. The van der Waals surface area contributed by atoms with Crippen LogP contribution in [0.1, 0.15) is 34.6 Å². The molecule has 0 unspecified atom stereocenters. The Balaban J connectivity index is 0. The topological polar surface area (TPSA) is 63.3 Å². The fourth-order valence-corrected chi connectivity index (χ4v) is 0.667. The van der Waals surface area contributed by atoms with Crippen LogP contribution in [0.3, 0.4) is 0 Å². The molecule has 74 valence electrons. The van der Waals surface area contributed by atoms with Crippen molar-refractivity contribution in [3.05, 3.63) is 0 Å². The molecule has 0 rings (SSSR count). The lowest BCUT2D eigenvalue weighted by Crippen LogP contribution is -2.46. The average molecular weight is 175 g/mol. The van der Waals surface area contributed by atoms with E-state index < -0.39 is 0 Å². The Labute approximate surface area is 75.0 Å². The first-order chi connectivity index (χ1) is 5.30. The molecule has 3 nitrogen and oxygen atoms in total. The fraction of sp³-hybridized carbons (Fsp3) is 0.889. The summed E-state index contributed by atoms with van der Waals surface area (Å²) in [5.41, 5.74) is 6.00. The van der Waals surface area contributed by atoms with Gasteiger partial charge in [0.25, 0.3) is 6.47 Å². The number of rotatable bonds is 2. The number of carboxylic acid groups (broad SMARTS) is 1.